The molecule has 2 atom stereocenters. The first kappa shape index (κ1) is 30.6. The average molecular weight is 516 g/mol. The Morgan fingerprint density at radius 3 is 1.92 bits per heavy atom. The van der Waals surface area contributed by atoms with Gasteiger partial charge in [0, 0.05) is 18.9 Å². The second kappa shape index (κ2) is 16.3. The fraction of sp³-hybridized carbons (Fsp3) is 0.727. The molecule has 0 spiro atoms. The van der Waals surface area contributed by atoms with E-state index in [1.165, 1.54) is 0 Å². The van der Waals surface area contributed by atoms with Crippen LogP contribution in [0.5, 0.6) is 0 Å². The minimum Gasteiger partial charge on any atom is -0.481 e. The smallest absolute Gasteiger partial charge is 0.326 e. The highest BCUT2D eigenvalue weighted by Crippen LogP contribution is 2.28. The average Bonchev–Trinajstić information content (AvgIpc) is 2.83. The molecule has 0 unspecified atom stereocenters. The maximum Gasteiger partial charge on any atom is 0.326 e. The Balaban J connectivity index is 2.27. The number of carboxylic acids is 3. The molecule has 0 aromatic carbocycles. The summed E-state index contributed by atoms with van der Waals surface area (Å²) in [7, 11) is 0. The molecule has 14 heteroatoms. The second-order valence-electron chi connectivity index (χ2n) is 8.85. The van der Waals surface area contributed by atoms with Gasteiger partial charge in [-0.15, -0.1) is 0 Å². The molecule has 0 aromatic rings. The van der Waals surface area contributed by atoms with E-state index >= 15 is 0 Å². The minimum atomic E-state index is -1.48. The SMILES string of the molecule is NCC1CCC(C(=O)NCC(=O)NCCCC[C@H](NC(=O)N[C@@H](CCC(=O)O)C(=O)O)C(=O)O)CC1. The van der Waals surface area contributed by atoms with Gasteiger partial charge in [0.15, 0.2) is 0 Å². The van der Waals surface area contributed by atoms with E-state index in [1.807, 2.05) is 0 Å². The summed E-state index contributed by atoms with van der Waals surface area (Å²) in [5, 5.41) is 36.5. The zero-order chi connectivity index (χ0) is 27.1. The van der Waals surface area contributed by atoms with Crippen molar-refractivity contribution < 1.29 is 44.1 Å². The van der Waals surface area contributed by atoms with E-state index in [1.54, 1.807) is 0 Å². The van der Waals surface area contributed by atoms with Crippen molar-refractivity contribution in [2.75, 3.05) is 19.6 Å². The van der Waals surface area contributed by atoms with E-state index in [2.05, 4.69) is 21.3 Å². The summed E-state index contributed by atoms with van der Waals surface area (Å²) in [6.45, 7) is 0.708. The van der Waals surface area contributed by atoms with Crippen LogP contribution in [0.4, 0.5) is 4.79 Å². The number of aliphatic carboxylic acids is 3. The third-order valence-corrected chi connectivity index (χ3v) is 6.07. The van der Waals surface area contributed by atoms with Gasteiger partial charge in [0.1, 0.15) is 12.1 Å². The van der Waals surface area contributed by atoms with E-state index in [0.717, 1.165) is 25.7 Å². The van der Waals surface area contributed by atoms with Gasteiger partial charge in [-0.05, 0) is 63.8 Å². The first-order valence-corrected chi connectivity index (χ1v) is 12.0. The Morgan fingerprint density at radius 2 is 1.39 bits per heavy atom. The van der Waals surface area contributed by atoms with E-state index in [-0.39, 0.29) is 43.7 Å². The zero-order valence-corrected chi connectivity index (χ0v) is 20.2. The van der Waals surface area contributed by atoms with Crippen LogP contribution in [0.1, 0.15) is 57.8 Å². The molecule has 1 aliphatic carbocycles. The normalized spacial score (nSPS) is 18.8. The van der Waals surface area contributed by atoms with Crippen LogP contribution in [0.2, 0.25) is 0 Å². The van der Waals surface area contributed by atoms with Crippen LogP contribution in [-0.4, -0.2) is 82.8 Å². The molecular weight excluding hydrogens is 478 g/mol. The molecule has 14 nitrogen and oxygen atoms in total. The van der Waals surface area contributed by atoms with Crippen molar-refractivity contribution in [1.29, 1.82) is 0 Å². The Kier molecular flexibility index (Phi) is 13.8. The molecule has 0 heterocycles. The molecule has 4 amide bonds. The van der Waals surface area contributed by atoms with Gasteiger partial charge in [0.05, 0.1) is 6.54 Å². The molecule has 9 N–H and O–H groups in total. The van der Waals surface area contributed by atoms with Crippen LogP contribution < -0.4 is 27.0 Å². The number of rotatable bonds is 16. The van der Waals surface area contributed by atoms with Gasteiger partial charge >= 0.3 is 23.9 Å². The van der Waals surface area contributed by atoms with Gasteiger partial charge in [-0.25, -0.2) is 14.4 Å². The number of nitrogens with one attached hydrogen (secondary N) is 4. The summed E-state index contributed by atoms with van der Waals surface area (Å²) in [4.78, 5) is 69.3. The molecule has 0 aromatic heterocycles. The maximum absolute atomic E-state index is 12.2. The van der Waals surface area contributed by atoms with Gasteiger partial charge in [-0.1, -0.05) is 0 Å². The quantitative estimate of drug-likeness (QED) is 0.119. The van der Waals surface area contributed by atoms with Crippen LogP contribution in [-0.2, 0) is 24.0 Å². The number of carbonyl (C=O) groups is 6. The van der Waals surface area contributed by atoms with Gasteiger partial charge < -0.3 is 42.3 Å². The number of carbonyl (C=O) groups excluding carboxylic acids is 3. The van der Waals surface area contributed by atoms with Gasteiger partial charge in [0.2, 0.25) is 11.8 Å². The maximum atomic E-state index is 12.2. The molecule has 1 rings (SSSR count). The summed E-state index contributed by atoms with van der Waals surface area (Å²) in [5.41, 5.74) is 5.65. The van der Waals surface area contributed by atoms with Gasteiger partial charge in [-0.3, -0.25) is 14.4 Å². The summed E-state index contributed by atoms with van der Waals surface area (Å²) in [6.07, 6.45) is 3.24. The zero-order valence-electron chi connectivity index (χ0n) is 20.2. The highest BCUT2D eigenvalue weighted by atomic mass is 16.4. The fourth-order valence-electron chi connectivity index (χ4n) is 3.88. The molecule has 204 valence electrons. The molecule has 1 aliphatic rings. The van der Waals surface area contributed by atoms with E-state index in [0.29, 0.717) is 25.3 Å². The molecule has 0 radical (unpaired) electrons. The summed E-state index contributed by atoms with van der Waals surface area (Å²) in [5.74, 6) is -4.17. The molecule has 0 saturated heterocycles. The van der Waals surface area contributed by atoms with Crippen LogP contribution >= 0.6 is 0 Å². The second-order valence-corrected chi connectivity index (χ2v) is 8.85. The molecular formula is C22H37N5O9. The third-order valence-electron chi connectivity index (χ3n) is 6.07. The summed E-state index contributed by atoms with van der Waals surface area (Å²) < 4.78 is 0. The number of urea groups is 1. The van der Waals surface area contributed by atoms with Gasteiger partial charge in [-0.2, -0.15) is 0 Å². The predicted molar refractivity (Wildman–Crippen MR) is 126 cm³/mol. The summed E-state index contributed by atoms with van der Waals surface area (Å²) >= 11 is 0. The Bertz CT molecular complexity index is 784. The molecule has 0 bridgehead atoms. The predicted octanol–water partition coefficient (Wildman–Crippen LogP) is -0.775. The van der Waals surface area contributed by atoms with E-state index < -0.39 is 42.4 Å². The van der Waals surface area contributed by atoms with Crippen molar-refractivity contribution in [1.82, 2.24) is 21.3 Å². The van der Waals surface area contributed by atoms with Crippen molar-refractivity contribution in [3.63, 3.8) is 0 Å². The lowest BCUT2D eigenvalue weighted by Gasteiger charge is -2.26. The monoisotopic (exact) mass is 515 g/mol. The first-order valence-electron chi connectivity index (χ1n) is 12.0. The van der Waals surface area contributed by atoms with E-state index in [9.17, 15) is 33.9 Å². The number of nitrogens with two attached hydrogens (primary N) is 1. The molecule has 1 saturated carbocycles. The first-order chi connectivity index (χ1) is 17.0. The Labute approximate surface area is 208 Å². The minimum absolute atomic E-state index is 0.0215. The van der Waals surface area contributed by atoms with Crippen LogP contribution in [0.25, 0.3) is 0 Å². The summed E-state index contributed by atoms with van der Waals surface area (Å²) in [6, 6.07) is -3.82. The number of hydrogen-bond acceptors (Lipinski definition) is 7. The molecule has 36 heavy (non-hydrogen) atoms. The molecule has 1 fully saturated rings. The Morgan fingerprint density at radius 1 is 0.806 bits per heavy atom. The lowest BCUT2D eigenvalue weighted by atomic mass is 9.81. The van der Waals surface area contributed by atoms with Gasteiger partial charge in [0.25, 0.3) is 0 Å². The van der Waals surface area contributed by atoms with Crippen LogP contribution in [0, 0.1) is 11.8 Å². The van der Waals surface area contributed by atoms with Crippen molar-refractivity contribution >= 4 is 35.8 Å². The highest BCUT2D eigenvalue weighted by Gasteiger charge is 2.26. The lowest BCUT2D eigenvalue weighted by molar-refractivity contribution is -0.141. The van der Waals surface area contributed by atoms with Crippen molar-refractivity contribution in [2.45, 2.75) is 69.9 Å². The highest BCUT2D eigenvalue weighted by molar-refractivity contribution is 5.86. The molecule has 0 aliphatic heterocycles. The van der Waals surface area contributed by atoms with Crippen LogP contribution in [0.15, 0.2) is 0 Å². The van der Waals surface area contributed by atoms with Crippen LogP contribution in [0.3, 0.4) is 0 Å². The third kappa shape index (κ3) is 12.3. The number of unbranched alkanes of at least 4 members (excludes halogenated alkanes) is 1. The Hall–Kier alpha value is -3.42. The van der Waals surface area contributed by atoms with Crippen molar-refractivity contribution in [3.05, 3.63) is 0 Å². The van der Waals surface area contributed by atoms with Crippen molar-refractivity contribution in [3.8, 4) is 0 Å². The fourth-order valence-corrected chi connectivity index (χ4v) is 3.88. The van der Waals surface area contributed by atoms with Crippen molar-refractivity contribution in [2.24, 2.45) is 17.6 Å². The largest absolute Gasteiger partial charge is 0.481 e. The van der Waals surface area contributed by atoms with E-state index in [4.69, 9.17) is 15.9 Å². The number of carboxylic acid groups (broad SMARTS) is 3. The number of amides is 4. The lowest BCUT2D eigenvalue weighted by Crippen LogP contribution is -2.51. The topological polar surface area (TPSA) is 237 Å². The standard InChI is InChI=1S/C22H37N5O9/c23-11-13-4-6-14(7-5-13)19(31)25-12-17(28)24-10-2-1-3-15(20(32)33)26-22(36)27-16(21(34)35)8-9-18(29)30/h13-16H,1-12,23H2,(H,24,28)(H,25,31)(H,29,30)(H,32,33)(H,34,35)(H2,26,27,36)/t13?,14?,15-,16-/m0/s1. The number of hydrogen-bond donors (Lipinski definition) is 8.